The lowest BCUT2D eigenvalue weighted by Crippen LogP contribution is -2.41. The standard InChI is InChI=1S/C16H21BN2O2/c1-15(2)16(3,4)21-17(20-15)13-10-18-19-8-7-12(9-14(13)19)11-5-6-11/h7-11H,5-6H2,1-4H3. The lowest BCUT2D eigenvalue weighted by Gasteiger charge is -2.32. The molecule has 0 bridgehead atoms. The predicted octanol–water partition coefficient (Wildman–Crippen LogP) is 2.51. The molecule has 0 atom stereocenters. The second-order valence-electron chi connectivity index (χ2n) is 7.25. The fraction of sp³-hybridized carbons (Fsp3) is 0.562. The molecular formula is C16H21BN2O2. The lowest BCUT2D eigenvalue weighted by molar-refractivity contribution is 0.00578. The Labute approximate surface area is 125 Å². The van der Waals surface area contributed by atoms with Crippen LogP contribution in [0.2, 0.25) is 0 Å². The highest BCUT2D eigenvalue weighted by Gasteiger charge is 2.52. The molecule has 0 N–H and O–H groups in total. The monoisotopic (exact) mass is 284 g/mol. The lowest BCUT2D eigenvalue weighted by atomic mass is 9.80. The Morgan fingerprint density at radius 3 is 2.48 bits per heavy atom. The summed E-state index contributed by atoms with van der Waals surface area (Å²) in [4.78, 5) is 0. The van der Waals surface area contributed by atoms with Crippen molar-refractivity contribution in [3.05, 3.63) is 30.1 Å². The van der Waals surface area contributed by atoms with Gasteiger partial charge in [-0.3, -0.25) is 0 Å². The first-order valence-electron chi connectivity index (χ1n) is 7.70. The molecule has 5 heteroatoms. The Balaban J connectivity index is 1.75. The van der Waals surface area contributed by atoms with Gasteiger partial charge in [0.1, 0.15) is 0 Å². The van der Waals surface area contributed by atoms with E-state index in [4.69, 9.17) is 9.31 Å². The van der Waals surface area contributed by atoms with Gasteiger partial charge in [-0.25, -0.2) is 4.52 Å². The van der Waals surface area contributed by atoms with Crippen molar-refractivity contribution in [2.75, 3.05) is 0 Å². The van der Waals surface area contributed by atoms with E-state index in [1.54, 1.807) is 0 Å². The van der Waals surface area contributed by atoms with E-state index >= 15 is 0 Å². The zero-order valence-electron chi connectivity index (χ0n) is 13.1. The topological polar surface area (TPSA) is 35.8 Å². The highest BCUT2D eigenvalue weighted by molar-refractivity contribution is 6.64. The summed E-state index contributed by atoms with van der Waals surface area (Å²) in [5.41, 5.74) is 2.88. The molecule has 0 aromatic carbocycles. The molecule has 3 heterocycles. The SMILES string of the molecule is CC1(C)OB(c2cnn3ccc(C4CC4)cc23)OC1(C)C. The molecule has 1 aliphatic heterocycles. The van der Waals surface area contributed by atoms with Crippen molar-refractivity contribution in [2.24, 2.45) is 0 Å². The number of pyridine rings is 1. The first-order chi connectivity index (χ1) is 9.87. The Bertz CT molecular complexity index is 687. The fourth-order valence-corrected chi connectivity index (χ4v) is 2.84. The molecule has 1 saturated carbocycles. The van der Waals surface area contributed by atoms with Gasteiger partial charge in [0.2, 0.25) is 0 Å². The largest absolute Gasteiger partial charge is 0.498 e. The van der Waals surface area contributed by atoms with E-state index in [2.05, 4.69) is 44.9 Å². The summed E-state index contributed by atoms with van der Waals surface area (Å²) in [7, 11) is -0.345. The summed E-state index contributed by atoms with van der Waals surface area (Å²) in [6.07, 6.45) is 6.51. The molecule has 1 aliphatic carbocycles. The Morgan fingerprint density at radius 2 is 1.86 bits per heavy atom. The van der Waals surface area contributed by atoms with E-state index in [1.165, 1.54) is 18.4 Å². The molecule has 2 aromatic heterocycles. The molecule has 0 radical (unpaired) electrons. The van der Waals surface area contributed by atoms with Crippen LogP contribution in [0.15, 0.2) is 24.5 Å². The van der Waals surface area contributed by atoms with Gasteiger partial charge in [0.25, 0.3) is 0 Å². The third-order valence-corrected chi connectivity index (χ3v) is 5.13. The van der Waals surface area contributed by atoms with E-state index in [0.717, 1.165) is 16.9 Å². The molecule has 0 amide bonds. The van der Waals surface area contributed by atoms with Crippen molar-refractivity contribution in [3.8, 4) is 0 Å². The van der Waals surface area contributed by atoms with Crippen LogP contribution in [0.25, 0.3) is 5.52 Å². The average Bonchev–Trinajstić information content (AvgIpc) is 3.12. The summed E-state index contributed by atoms with van der Waals surface area (Å²) >= 11 is 0. The van der Waals surface area contributed by atoms with E-state index in [9.17, 15) is 0 Å². The van der Waals surface area contributed by atoms with Crippen molar-refractivity contribution in [2.45, 2.75) is 57.7 Å². The number of hydrogen-bond donors (Lipinski definition) is 0. The molecule has 2 aliphatic rings. The van der Waals surface area contributed by atoms with Gasteiger partial charge in [-0.2, -0.15) is 5.10 Å². The van der Waals surface area contributed by atoms with Crippen LogP contribution < -0.4 is 5.46 Å². The van der Waals surface area contributed by atoms with Gasteiger partial charge in [0, 0.05) is 17.9 Å². The second kappa shape index (κ2) is 4.11. The second-order valence-corrected chi connectivity index (χ2v) is 7.25. The summed E-state index contributed by atoms with van der Waals surface area (Å²) in [6.45, 7) is 8.31. The van der Waals surface area contributed by atoms with Gasteiger partial charge in [0.15, 0.2) is 0 Å². The summed E-state index contributed by atoms with van der Waals surface area (Å²) < 4.78 is 14.2. The van der Waals surface area contributed by atoms with Crippen molar-refractivity contribution < 1.29 is 9.31 Å². The maximum Gasteiger partial charge on any atom is 0.498 e. The van der Waals surface area contributed by atoms with Crippen LogP contribution >= 0.6 is 0 Å². The number of hydrogen-bond acceptors (Lipinski definition) is 3. The molecular weight excluding hydrogens is 263 g/mol. The quantitative estimate of drug-likeness (QED) is 0.795. The number of nitrogens with zero attached hydrogens (tertiary/aromatic N) is 2. The minimum atomic E-state index is -0.345. The number of rotatable bonds is 2. The van der Waals surface area contributed by atoms with Crippen LogP contribution in [0.1, 0.15) is 52.0 Å². The summed E-state index contributed by atoms with van der Waals surface area (Å²) in [5, 5.41) is 4.44. The molecule has 4 rings (SSSR count). The Hall–Kier alpha value is -1.33. The molecule has 1 saturated heterocycles. The zero-order valence-corrected chi connectivity index (χ0v) is 13.1. The van der Waals surface area contributed by atoms with E-state index in [0.29, 0.717) is 0 Å². The van der Waals surface area contributed by atoms with Crippen molar-refractivity contribution in [3.63, 3.8) is 0 Å². The van der Waals surface area contributed by atoms with Crippen molar-refractivity contribution in [1.29, 1.82) is 0 Å². The highest BCUT2D eigenvalue weighted by atomic mass is 16.7. The zero-order chi connectivity index (χ0) is 14.8. The summed E-state index contributed by atoms with van der Waals surface area (Å²) in [6, 6.07) is 4.41. The summed E-state index contributed by atoms with van der Waals surface area (Å²) in [5.74, 6) is 0.732. The smallest absolute Gasteiger partial charge is 0.399 e. The van der Waals surface area contributed by atoms with Crippen LogP contribution in [0.5, 0.6) is 0 Å². The van der Waals surface area contributed by atoms with Crippen molar-refractivity contribution in [1.82, 2.24) is 9.61 Å². The molecule has 21 heavy (non-hydrogen) atoms. The number of fused-ring (bicyclic) bond motifs is 1. The fourth-order valence-electron chi connectivity index (χ4n) is 2.84. The van der Waals surface area contributed by atoms with Gasteiger partial charge in [-0.05, 0) is 64.2 Å². The average molecular weight is 284 g/mol. The van der Waals surface area contributed by atoms with Crippen LogP contribution in [0.4, 0.5) is 0 Å². The molecule has 4 nitrogen and oxygen atoms in total. The van der Waals surface area contributed by atoms with Crippen LogP contribution in [-0.4, -0.2) is 27.9 Å². The third kappa shape index (κ3) is 2.02. The highest BCUT2D eigenvalue weighted by Crippen LogP contribution is 2.40. The molecule has 110 valence electrons. The normalized spacial score (nSPS) is 23.9. The minimum absolute atomic E-state index is 0.319. The maximum absolute atomic E-state index is 6.16. The van der Waals surface area contributed by atoms with E-state index < -0.39 is 0 Å². The Morgan fingerprint density at radius 1 is 1.19 bits per heavy atom. The first-order valence-corrected chi connectivity index (χ1v) is 7.70. The van der Waals surface area contributed by atoms with E-state index in [-0.39, 0.29) is 18.3 Å². The predicted molar refractivity (Wildman–Crippen MR) is 82.9 cm³/mol. The first kappa shape index (κ1) is 13.3. The molecule has 0 unspecified atom stereocenters. The van der Waals surface area contributed by atoms with Gasteiger partial charge in [-0.15, -0.1) is 0 Å². The van der Waals surface area contributed by atoms with E-state index in [1.807, 2.05) is 16.9 Å². The van der Waals surface area contributed by atoms with Crippen LogP contribution in [-0.2, 0) is 9.31 Å². The maximum atomic E-state index is 6.16. The van der Waals surface area contributed by atoms with Crippen LogP contribution in [0, 0.1) is 0 Å². The van der Waals surface area contributed by atoms with Gasteiger partial charge in [0.05, 0.1) is 16.7 Å². The van der Waals surface area contributed by atoms with Crippen LogP contribution in [0.3, 0.4) is 0 Å². The Kier molecular flexibility index (Phi) is 2.61. The van der Waals surface area contributed by atoms with Gasteiger partial charge < -0.3 is 9.31 Å². The minimum Gasteiger partial charge on any atom is -0.399 e. The third-order valence-electron chi connectivity index (χ3n) is 5.13. The van der Waals surface area contributed by atoms with Crippen molar-refractivity contribution >= 4 is 18.1 Å². The van der Waals surface area contributed by atoms with Gasteiger partial charge >= 0.3 is 7.12 Å². The number of aromatic nitrogens is 2. The molecule has 2 aromatic rings. The molecule has 0 spiro atoms. The van der Waals surface area contributed by atoms with Gasteiger partial charge in [-0.1, -0.05) is 0 Å². The molecule has 2 fully saturated rings.